The van der Waals surface area contributed by atoms with E-state index >= 15 is 0 Å². The molecule has 0 unspecified atom stereocenters. The Kier molecular flexibility index (Phi) is 2.91. The van der Waals surface area contributed by atoms with Crippen molar-refractivity contribution in [3.63, 3.8) is 0 Å². The quantitative estimate of drug-likeness (QED) is 0.561. The van der Waals surface area contributed by atoms with E-state index < -0.39 is 0 Å². The molecule has 0 bridgehead atoms. The van der Waals surface area contributed by atoms with Crippen molar-refractivity contribution < 1.29 is 4.42 Å². The van der Waals surface area contributed by atoms with E-state index in [1.807, 2.05) is 30.5 Å². The van der Waals surface area contributed by atoms with E-state index in [1.165, 1.54) is 5.56 Å². The lowest BCUT2D eigenvalue weighted by Crippen LogP contribution is -2.09. The van der Waals surface area contributed by atoms with Crippen molar-refractivity contribution in [1.82, 2.24) is 15.2 Å². The van der Waals surface area contributed by atoms with Gasteiger partial charge in [-0.2, -0.15) is 5.10 Å². The maximum Gasteiger partial charge on any atom is 0.178 e. The van der Waals surface area contributed by atoms with Gasteiger partial charge in [0.1, 0.15) is 11.1 Å². The van der Waals surface area contributed by atoms with E-state index in [2.05, 4.69) is 47.3 Å². The number of fused-ring (bicyclic) bond motifs is 2. The molecular formula is C18H18N4O. The Labute approximate surface area is 133 Å². The fraction of sp³-hybridized carbons (Fsp3) is 0.222. The van der Waals surface area contributed by atoms with Gasteiger partial charge < -0.3 is 9.73 Å². The number of aromatic nitrogens is 3. The summed E-state index contributed by atoms with van der Waals surface area (Å²) >= 11 is 0. The minimum atomic E-state index is 0.0580. The number of aromatic amines is 1. The topological polar surface area (TPSA) is 66.7 Å². The molecule has 0 saturated heterocycles. The molecule has 23 heavy (non-hydrogen) atoms. The SMILES string of the molecule is CC(C)(C)c1coc2cc(Nc3n[nH]c4cccnc34)ccc12. The van der Waals surface area contributed by atoms with Gasteiger partial charge in [-0.15, -0.1) is 0 Å². The number of furan rings is 1. The molecule has 0 aliphatic rings. The third kappa shape index (κ3) is 2.34. The van der Waals surface area contributed by atoms with Crippen LogP contribution in [0, 0.1) is 0 Å². The summed E-state index contributed by atoms with van der Waals surface area (Å²) < 4.78 is 5.74. The molecule has 0 fully saturated rings. The minimum Gasteiger partial charge on any atom is -0.464 e. The molecular weight excluding hydrogens is 288 g/mol. The summed E-state index contributed by atoms with van der Waals surface area (Å²) in [6.45, 7) is 6.56. The number of benzene rings is 1. The Morgan fingerprint density at radius 2 is 2.04 bits per heavy atom. The second kappa shape index (κ2) is 4.84. The molecule has 4 rings (SSSR count). The summed E-state index contributed by atoms with van der Waals surface area (Å²) in [5.74, 6) is 0.711. The van der Waals surface area contributed by atoms with Gasteiger partial charge in [0.05, 0.1) is 11.8 Å². The molecule has 3 aromatic heterocycles. The first-order valence-corrected chi connectivity index (χ1v) is 7.60. The number of nitrogens with zero attached hydrogens (tertiary/aromatic N) is 2. The lowest BCUT2D eigenvalue weighted by atomic mass is 9.87. The molecule has 3 heterocycles. The number of H-pyrrole nitrogens is 1. The van der Waals surface area contributed by atoms with E-state index in [4.69, 9.17) is 4.42 Å². The minimum absolute atomic E-state index is 0.0580. The molecule has 2 N–H and O–H groups in total. The second-order valence-electron chi connectivity index (χ2n) is 6.71. The van der Waals surface area contributed by atoms with Gasteiger partial charge in [0.15, 0.2) is 5.82 Å². The first-order valence-electron chi connectivity index (χ1n) is 7.60. The molecule has 4 aromatic rings. The molecule has 0 aliphatic carbocycles. The van der Waals surface area contributed by atoms with E-state index in [0.29, 0.717) is 5.82 Å². The number of rotatable bonds is 2. The van der Waals surface area contributed by atoms with Crippen LogP contribution in [0.4, 0.5) is 11.5 Å². The maximum atomic E-state index is 5.74. The summed E-state index contributed by atoms with van der Waals surface area (Å²) in [5.41, 5.74) is 4.79. The van der Waals surface area contributed by atoms with Gasteiger partial charge in [0.25, 0.3) is 0 Å². The zero-order valence-electron chi connectivity index (χ0n) is 13.3. The predicted molar refractivity (Wildman–Crippen MR) is 92.1 cm³/mol. The van der Waals surface area contributed by atoms with Crippen molar-refractivity contribution in [3.8, 4) is 0 Å². The summed E-state index contributed by atoms with van der Waals surface area (Å²) in [4.78, 5) is 4.36. The van der Waals surface area contributed by atoms with Crippen LogP contribution >= 0.6 is 0 Å². The fourth-order valence-corrected chi connectivity index (χ4v) is 2.76. The Morgan fingerprint density at radius 3 is 2.87 bits per heavy atom. The van der Waals surface area contributed by atoms with Gasteiger partial charge >= 0.3 is 0 Å². The van der Waals surface area contributed by atoms with Crippen molar-refractivity contribution >= 4 is 33.5 Å². The van der Waals surface area contributed by atoms with Crippen molar-refractivity contribution in [1.29, 1.82) is 0 Å². The zero-order valence-corrected chi connectivity index (χ0v) is 13.3. The highest BCUT2D eigenvalue weighted by Gasteiger charge is 2.19. The molecule has 1 aromatic carbocycles. The van der Waals surface area contributed by atoms with E-state index in [0.717, 1.165) is 27.7 Å². The third-order valence-corrected chi connectivity index (χ3v) is 3.97. The summed E-state index contributed by atoms with van der Waals surface area (Å²) in [6.07, 6.45) is 3.61. The number of pyridine rings is 1. The van der Waals surface area contributed by atoms with Gasteiger partial charge in [0, 0.05) is 28.9 Å². The van der Waals surface area contributed by atoms with Crippen LogP contribution in [-0.2, 0) is 5.41 Å². The van der Waals surface area contributed by atoms with E-state index in [9.17, 15) is 0 Å². The normalized spacial score (nSPS) is 12.1. The summed E-state index contributed by atoms with van der Waals surface area (Å²) in [5, 5.41) is 11.7. The molecule has 0 saturated carbocycles. The lowest BCUT2D eigenvalue weighted by Gasteiger charge is -2.16. The van der Waals surface area contributed by atoms with Crippen LogP contribution in [0.15, 0.2) is 47.2 Å². The highest BCUT2D eigenvalue weighted by Crippen LogP contribution is 2.33. The molecule has 0 radical (unpaired) electrons. The third-order valence-electron chi connectivity index (χ3n) is 3.97. The first-order chi connectivity index (χ1) is 11.0. The number of nitrogens with one attached hydrogen (secondary N) is 2. The molecule has 116 valence electrons. The molecule has 0 spiro atoms. The molecule has 5 heteroatoms. The predicted octanol–water partition coefficient (Wildman–Crippen LogP) is 4.75. The average molecular weight is 306 g/mol. The fourth-order valence-electron chi connectivity index (χ4n) is 2.76. The number of hydrogen-bond donors (Lipinski definition) is 2. The summed E-state index contributed by atoms with van der Waals surface area (Å²) in [7, 11) is 0. The average Bonchev–Trinajstić information content (AvgIpc) is 3.11. The largest absolute Gasteiger partial charge is 0.464 e. The van der Waals surface area contributed by atoms with Crippen LogP contribution in [-0.4, -0.2) is 15.2 Å². The first kappa shape index (κ1) is 13.8. The molecule has 0 aliphatic heterocycles. The van der Waals surface area contributed by atoms with Crippen LogP contribution < -0.4 is 5.32 Å². The van der Waals surface area contributed by atoms with Gasteiger partial charge in [-0.25, -0.2) is 0 Å². The van der Waals surface area contributed by atoms with Crippen molar-refractivity contribution in [3.05, 3.63) is 48.4 Å². The zero-order chi connectivity index (χ0) is 16.0. The van der Waals surface area contributed by atoms with Gasteiger partial charge in [-0.3, -0.25) is 10.1 Å². The van der Waals surface area contributed by atoms with Crippen molar-refractivity contribution in [2.24, 2.45) is 0 Å². The Morgan fingerprint density at radius 1 is 1.17 bits per heavy atom. The second-order valence-corrected chi connectivity index (χ2v) is 6.71. The molecule has 0 atom stereocenters. The Hall–Kier alpha value is -2.82. The molecule has 0 amide bonds. The monoisotopic (exact) mass is 306 g/mol. The number of hydrogen-bond acceptors (Lipinski definition) is 4. The highest BCUT2D eigenvalue weighted by molar-refractivity contribution is 5.90. The standard InChI is InChI=1S/C18H18N4O/c1-18(2,3)13-10-23-15-9-11(6-7-12(13)15)20-17-16-14(21-22-17)5-4-8-19-16/h4-10H,1-3H3,(H2,20,21,22). The maximum absolute atomic E-state index is 5.74. The van der Waals surface area contributed by atoms with Gasteiger partial charge in [-0.1, -0.05) is 20.8 Å². The Bertz CT molecular complexity index is 991. The summed E-state index contributed by atoms with van der Waals surface area (Å²) in [6, 6.07) is 9.95. The van der Waals surface area contributed by atoms with Gasteiger partial charge in [0.2, 0.25) is 0 Å². The highest BCUT2D eigenvalue weighted by atomic mass is 16.3. The lowest BCUT2D eigenvalue weighted by molar-refractivity contribution is 0.557. The van der Waals surface area contributed by atoms with E-state index in [-0.39, 0.29) is 5.41 Å². The van der Waals surface area contributed by atoms with Crippen LogP contribution in [0.3, 0.4) is 0 Å². The van der Waals surface area contributed by atoms with E-state index in [1.54, 1.807) is 6.20 Å². The van der Waals surface area contributed by atoms with Crippen molar-refractivity contribution in [2.75, 3.05) is 5.32 Å². The van der Waals surface area contributed by atoms with Crippen LogP contribution in [0.2, 0.25) is 0 Å². The van der Waals surface area contributed by atoms with Crippen LogP contribution in [0.25, 0.3) is 22.0 Å². The molecule has 5 nitrogen and oxygen atoms in total. The van der Waals surface area contributed by atoms with Crippen LogP contribution in [0.1, 0.15) is 26.3 Å². The van der Waals surface area contributed by atoms with Crippen LogP contribution in [0.5, 0.6) is 0 Å². The number of anilines is 2. The van der Waals surface area contributed by atoms with Gasteiger partial charge in [-0.05, 0) is 29.7 Å². The smallest absolute Gasteiger partial charge is 0.178 e. The Balaban J connectivity index is 1.73. The van der Waals surface area contributed by atoms with Crippen molar-refractivity contribution in [2.45, 2.75) is 26.2 Å².